The fourth-order valence-electron chi connectivity index (χ4n) is 1.70. The minimum atomic E-state index is -1.18. The summed E-state index contributed by atoms with van der Waals surface area (Å²) in [7, 11) is 0. The summed E-state index contributed by atoms with van der Waals surface area (Å²) >= 11 is 0. The molecule has 0 N–H and O–H groups in total. The fourth-order valence-corrected chi connectivity index (χ4v) is 1.70. The van der Waals surface area contributed by atoms with Crippen LogP contribution in [0.5, 0.6) is 0 Å². The largest absolute Gasteiger partial charge is 0.412 e. The Morgan fingerprint density at radius 1 is 0.800 bits per heavy atom. The molecule has 0 radical (unpaired) electrons. The molecule has 2 heterocycles. The lowest BCUT2D eigenvalue weighted by Crippen LogP contribution is -2.52. The smallest absolute Gasteiger partial charge is 0.303 e. The average Bonchev–Trinajstić information content (AvgIpc) is 2.31. The molecule has 0 unspecified atom stereocenters. The van der Waals surface area contributed by atoms with Crippen LogP contribution >= 0.6 is 0 Å². The predicted molar refractivity (Wildman–Crippen MR) is 54.1 cm³/mol. The van der Waals surface area contributed by atoms with Gasteiger partial charge in [-0.1, -0.05) is 13.8 Å². The second-order valence-electron chi connectivity index (χ2n) is 4.29. The molecule has 2 aliphatic heterocycles. The van der Waals surface area contributed by atoms with Gasteiger partial charge in [0, 0.05) is 11.8 Å². The summed E-state index contributed by atoms with van der Waals surface area (Å²) < 4.78 is 22.1. The Kier molecular flexibility index (Phi) is 3.61. The van der Waals surface area contributed by atoms with Crippen molar-refractivity contribution in [2.45, 2.75) is 32.8 Å². The molecule has 0 amide bonds. The van der Waals surface area contributed by atoms with E-state index in [0.717, 1.165) is 12.8 Å². The highest BCUT2D eigenvalue weighted by Crippen LogP contribution is 2.30. The van der Waals surface area contributed by atoms with E-state index in [0.29, 0.717) is 38.3 Å². The first kappa shape index (κ1) is 11.3. The second kappa shape index (κ2) is 4.78. The third-order valence-electron chi connectivity index (χ3n) is 3.14. The van der Waals surface area contributed by atoms with Crippen molar-refractivity contribution >= 4 is 0 Å². The third kappa shape index (κ3) is 2.50. The molecule has 2 saturated heterocycles. The first-order valence-electron chi connectivity index (χ1n) is 5.83. The van der Waals surface area contributed by atoms with Crippen LogP contribution in [0.25, 0.3) is 0 Å². The zero-order valence-corrected chi connectivity index (χ0v) is 9.53. The van der Waals surface area contributed by atoms with Gasteiger partial charge < -0.3 is 18.9 Å². The van der Waals surface area contributed by atoms with Crippen molar-refractivity contribution in [3.05, 3.63) is 0 Å². The van der Waals surface area contributed by atoms with E-state index in [9.17, 15) is 0 Å². The lowest BCUT2D eigenvalue weighted by Gasteiger charge is -2.42. The van der Waals surface area contributed by atoms with Crippen molar-refractivity contribution < 1.29 is 18.9 Å². The molecule has 4 heteroatoms. The summed E-state index contributed by atoms with van der Waals surface area (Å²) in [6.07, 6.45) is 0.943. The first-order chi connectivity index (χ1) is 7.28. The summed E-state index contributed by atoms with van der Waals surface area (Å²) in [5.74, 6) is 0.929. The van der Waals surface area contributed by atoms with Crippen molar-refractivity contribution in [2.75, 3.05) is 26.4 Å². The number of hydrogen-bond acceptors (Lipinski definition) is 4. The minimum Gasteiger partial charge on any atom is -0.303 e. The van der Waals surface area contributed by atoms with Crippen LogP contribution in [0.1, 0.15) is 26.7 Å². The Morgan fingerprint density at radius 3 is 1.40 bits per heavy atom. The zero-order valence-electron chi connectivity index (χ0n) is 9.53. The van der Waals surface area contributed by atoms with E-state index in [2.05, 4.69) is 13.8 Å². The van der Waals surface area contributed by atoms with Crippen molar-refractivity contribution in [1.82, 2.24) is 0 Å². The van der Waals surface area contributed by atoms with E-state index in [1.165, 1.54) is 0 Å². The molecule has 2 aliphatic rings. The van der Waals surface area contributed by atoms with Crippen LogP contribution in [-0.4, -0.2) is 32.6 Å². The van der Waals surface area contributed by atoms with Crippen LogP contribution in [0.2, 0.25) is 0 Å². The average molecular weight is 216 g/mol. The van der Waals surface area contributed by atoms with E-state index in [1.54, 1.807) is 0 Å². The summed E-state index contributed by atoms with van der Waals surface area (Å²) in [6, 6.07) is 0. The SMILES string of the molecule is CCC1COC2(OC1)OCC(CC)CO2. The van der Waals surface area contributed by atoms with Gasteiger partial charge in [0.25, 0.3) is 0 Å². The molecular formula is C11H20O4. The van der Waals surface area contributed by atoms with E-state index in [4.69, 9.17) is 18.9 Å². The highest BCUT2D eigenvalue weighted by Gasteiger charge is 2.44. The Hall–Kier alpha value is -0.160. The Balaban J connectivity index is 1.83. The Morgan fingerprint density at radius 2 is 1.13 bits per heavy atom. The van der Waals surface area contributed by atoms with Crippen LogP contribution in [0.4, 0.5) is 0 Å². The molecule has 88 valence electrons. The molecule has 0 atom stereocenters. The molecule has 1 spiro atoms. The number of rotatable bonds is 2. The Bertz CT molecular complexity index is 165. The van der Waals surface area contributed by atoms with Gasteiger partial charge in [-0.05, 0) is 12.8 Å². The quantitative estimate of drug-likeness (QED) is 0.704. The number of ether oxygens (including phenoxy) is 4. The van der Waals surface area contributed by atoms with E-state index in [1.807, 2.05) is 0 Å². The normalized spacial score (nSPS) is 42.0. The van der Waals surface area contributed by atoms with Gasteiger partial charge in [-0.25, -0.2) is 0 Å². The minimum absolute atomic E-state index is 0.465. The lowest BCUT2D eigenvalue weighted by molar-refractivity contribution is -0.534. The van der Waals surface area contributed by atoms with Crippen LogP contribution in [-0.2, 0) is 18.9 Å². The zero-order chi connectivity index (χ0) is 10.7. The highest BCUT2D eigenvalue weighted by molar-refractivity contribution is 4.66. The van der Waals surface area contributed by atoms with Gasteiger partial charge in [0.05, 0.1) is 26.4 Å². The molecule has 0 saturated carbocycles. The highest BCUT2D eigenvalue weighted by atomic mass is 17.0. The molecule has 0 aromatic heterocycles. The van der Waals surface area contributed by atoms with E-state index >= 15 is 0 Å². The first-order valence-corrected chi connectivity index (χ1v) is 5.83. The molecule has 2 rings (SSSR count). The van der Waals surface area contributed by atoms with Crippen molar-refractivity contribution in [3.8, 4) is 0 Å². The maximum Gasteiger partial charge on any atom is 0.412 e. The fraction of sp³-hybridized carbons (Fsp3) is 1.00. The molecule has 15 heavy (non-hydrogen) atoms. The van der Waals surface area contributed by atoms with Crippen molar-refractivity contribution in [1.29, 1.82) is 0 Å². The van der Waals surface area contributed by atoms with Gasteiger partial charge in [-0.2, -0.15) is 0 Å². The summed E-state index contributed by atoms with van der Waals surface area (Å²) in [6.45, 7) is 6.90. The molecule has 0 aliphatic carbocycles. The predicted octanol–water partition coefficient (Wildman–Crippen LogP) is 1.74. The van der Waals surface area contributed by atoms with Crippen LogP contribution in [0.3, 0.4) is 0 Å². The molecule has 4 nitrogen and oxygen atoms in total. The van der Waals surface area contributed by atoms with Crippen molar-refractivity contribution in [3.63, 3.8) is 0 Å². The maximum atomic E-state index is 5.54. The topological polar surface area (TPSA) is 36.9 Å². The van der Waals surface area contributed by atoms with Gasteiger partial charge in [0.1, 0.15) is 0 Å². The summed E-state index contributed by atoms with van der Waals surface area (Å²) in [5, 5.41) is 0. The lowest BCUT2D eigenvalue weighted by atomic mass is 10.1. The molecule has 0 aromatic rings. The van der Waals surface area contributed by atoms with Crippen molar-refractivity contribution in [2.24, 2.45) is 11.8 Å². The van der Waals surface area contributed by atoms with Crippen LogP contribution in [0.15, 0.2) is 0 Å². The van der Waals surface area contributed by atoms with Crippen LogP contribution in [0, 0.1) is 11.8 Å². The summed E-state index contributed by atoms with van der Waals surface area (Å²) in [4.78, 5) is 0. The molecule has 0 bridgehead atoms. The summed E-state index contributed by atoms with van der Waals surface area (Å²) in [5.41, 5.74) is 0. The molecule has 0 aromatic carbocycles. The van der Waals surface area contributed by atoms with Gasteiger partial charge in [0.15, 0.2) is 0 Å². The van der Waals surface area contributed by atoms with Gasteiger partial charge in [0.2, 0.25) is 0 Å². The van der Waals surface area contributed by atoms with Crippen LogP contribution < -0.4 is 0 Å². The monoisotopic (exact) mass is 216 g/mol. The van der Waals surface area contributed by atoms with Gasteiger partial charge >= 0.3 is 6.16 Å². The Labute approximate surface area is 90.8 Å². The van der Waals surface area contributed by atoms with E-state index < -0.39 is 6.16 Å². The number of hydrogen-bond donors (Lipinski definition) is 0. The molecular weight excluding hydrogens is 196 g/mol. The van der Waals surface area contributed by atoms with E-state index in [-0.39, 0.29) is 0 Å². The maximum absolute atomic E-state index is 5.54. The van der Waals surface area contributed by atoms with Gasteiger partial charge in [-0.3, -0.25) is 0 Å². The second-order valence-corrected chi connectivity index (χ2v) is 4.29. The third-order valence-corrected chi connectivity index (χ3v) is 3.14. The standard InChI is InChI=1S/C11H20O4/c1-3-9-5-12-11(13-6-9)14-7-10(4-2)8-15-11/h9-10H,3-8H2,1-2H3. The van der Waals surface area contributed by atoms with Gasteiger partial charge in [-0.15, -0.1) is 0 Å². The molecule has 2 fully saturated rings.